The third kappa shape index (κ3) is 9.75. The van der Waals surface area contributed by atoms with E-state index in [2.05, 4.69) is 27.2 Å². The van der Waals surface area contributed by atoms with Crippen LogP contribution in [0.4, 0.5) is 4.79 Å². The number of carbonyl (C=O) groups excluding carboxylic acids is 2. The van der Waals surface area contributed by atoms with Crippen molar-refractivity contribution in [3.8, 4) is 0 Å². The number of carbonyl (C=O) groups is 3. The van der Waals surface area contributed by atoms with Gasteiger partial charge in [-0.2, -0.15) is 0 Å². The standard InChI is InChI=1S/C10H21N5O6.C2H5NO/c1-4(17)7(9(18)19)13-10(20)12-2-6-14-15-8(21-6)5(11)3-16;1-2(3)4/h4-8,14-17H,2-3,11H2,1H3,(H,18,19)(H2,12,13,20);1H3,(H2,3,4). The van der Waals surface area contributed by atoms with Crippen LogP contribution in [-0.2, 0) is 14.3 Å². The second kappa shape index (κ2) is 11.5. The summed E-state index contributed by atoms with van der Waals surface area (Å²) in [4.78, 5) is 31.5. The zero-order chi connectivity index (χ0) is 19.6. The van der Waals surface area contributed by atoms with E-state index in [1.807, 2.05) is 0 Å². The van der Waals surface area contributed by atoms with Crippen molar-refractivity contribution in [1.82, 2.24) is 21.5 Å². The van der Waals surface area contributed by atoms with E-state index in [-0.39, 0.29) is 19.1 Å². The second-order valence-corrected chi connectivity index (χ2v) is 5.20. The fourth-order valence-electron chi connectivity index (χ4n) is 1.59. The highest BCUT2D eigenvalue weighted by Gasteiger charge is 2.29. The fourth-order valence-corrected chi connectivity index (χ4v) is 1.59. The Balaban J connectivity index is 0.00000129. The smallest absolute Gasteiger partial charge is 0.328 e. The van der Waals surface area contributed by atoms with Gasteiger partial charge in [0.15, 0.2) is 6.04 Å². The van der Waals surface area contributed by atoms with Gasteiger partial charge in [-0.3, -0.25) is 4.79 Å². The van der Waals surface area contributed by atoms with E-state index in [1.165, 1.54) is 13.8 Å². The average Bonchev–Trinajstić information content (AvgIpc) is 2.97. The first-order valence-electron chi connectivity index (χ1n) is 7.32. The number of hydrogen-bond acceptors (Lipinski definition) is 9. The summed E-state index contributed by atoms with van der Waals surface area (Å²) in [5.74, 6) is -1.67. The molecule has 146 valence electrons. The molecule has 1 aliphatic heterocycles. The molecular formula is C12H26N6O7. The summed E-state index contributed by atoms with van der Waals surface area (Å²) in [6.45, 7) is 2.32. The van der Waals surface area contributed by atoms with Gasteiger partial charge in [0.25, 0.3) is 0 Å². The normalized spacial score (nSPS) is 22.8. The van der Waals surface area contributed by atoms with Crippen LogP contribution in [0.5, 0.6) is 0 Å². The van der Waals surface area contributed by atoms with Crippen molar-refractivity contribution in [1.29, 1.82) is 0 Å². The molecule has 0 radical (unpaired) electrons. The van der Waals surface area contributed by atoms with E-state index in [1.54, 1.807) is 0 Å². The lowest BCUT2D eigenvalue weighted by molar-refractivity contribution is -0.141. The summed E-state index contributed by atoms with van der Waals surface area (Å²) in [5, 5.41) is 31.4. The third-order valence-corrected chi connectivity index (χ3v) is 2.78. The summed E-state index contributed by atoms with van der Waals surface area (Å²) in [6.07, 6.45) is -2.43. The van der Waals surface area contributed by atoms with Crippen LogP contribution in [0, 0.1) is 0 Å². The molecule has 13 nitrogen and oxygen atoms in total. The SMILES string of the molecule is CC(N)=O.CC(O)C(NC(=O)NCC1NNC(C(N)CO)O1)C(=O)O. The van der Waals surface area contributed by atoms with E-state index < -0.39 is 42.6 Å². The maximum Gasteiger partial charge on any atom is 0.328 e. The molecule has 5 unspecified atom stereocenters. The maximum atomic E-state index is 11.5. The van der Waals surface area contributed by atoms with Crippen molar-refractivity contribution in [3.63, 3.8) is 0 Å². The number of nitrogens with one attached hydrogen (secondary N) is 4. The second-order valence-electron chi connectivity index (χ2n) is 5.20. The zero-order valence-electron chi connectivity index (χ0n) is 13.9. The summed E-state index contributed by atoms with van der Waals surface area (Å²) in [5.41, 5.74) is 15.4. The van der Waals surface area contributed by atoms with Crippen molar-refractivity contribution in [2.24, 2.45) is 11.5 Å². The molecule has 1 heterocycles. The minimum absolute atomic E-state index is 0.0274. The largest absolute Gasteiger partial charge is 0.480 e. The molecule has 1 aliphatic rings. The van der Waals surface area contributed by atoms with Crippen LogP contribution in [-0.4, -0.2) is 77.0 Å². The number of ether oxygens (including phenoxy) is 1. The molecule has 0 aromatic heterocycles. The molecule has 0 saturated carbocycles. The lowest BCUT2D eigenvalue weighted by atomic mass is 10.2. The molecule has 11 N–H and O–H groups in total. The molecule has 1 rings (SSSR count). The minimum atomic E-state index is -1.41. The lowest BCUT2D eigenvalue weighted by Gasteiger charge is -2.19. The molecule has 25 heavy (non-hydrogen) atoms. The summed E-state index contributed by atoms with van der Waals surface area (Å²) in [7, 11) is 0. The summed E-state index contributed by atoms with van der Waals surface area (Å²) in [6, 6.07) is -2.79. The van der Waals surface area contributed by atoms with Crippen molar-refractivity contribution >= 4 is 17.9 Å². The molecule has 0 bridgehead atoms. The highest BCUT2D eigenvalue weighted by molar-refractivity contribution is 5.82. The number of aliphatic carboxylic acids is 1. The van der Waals surface area contributed by atoms with Gasteiger partial charge < -0.3 is 42.2 Å². The van der Waals surface area contributed by atoms with Gasteiger partial charge in [-0.05, 0) is 6.92 Å². The highest BCUT2D eigenvalue weighted by Crippen LogP contribution is 2.02. The molecule has 0 aromatic carbocycles. The minimum Gasteiger partial charge on any atom is -0.480 e. The van der Waals surface area contributed by atoms with Crippen LogP contribution in [0.25, 0.3) is 0 Å². The Labute approximate surface area is 144 Å². The first kappa shape index (κ1) is 23.0. The van der Waals surface area contributed by atoms with Crippen LogP contribution in [0.1, 0.15) is 13.8 Å². The van der Waals surface area contributed by atoms with Crippen molar-refractivity contribution in [2.45, 2.75) is 44.5 Å². The topological polar surface area (TPSA) is 221 Å². The molecular weight excluding hydrogens is 340 g/mol. The van der Waals surface area contributed by atoms with Gasteiger partial charge in [0.2, 0.25) is 5.91 Å². The Morgan fingerprint density at radius 3 is 2.32 bits per heavy atom. The van der Waals surface area contributed by atoms with E-state index in [0.717, 1.165) is 0 Å². The zero-order valence-corrected chi connectivity index (χ0v) is 13.9. The molecule has 0 aromatic rings. The Hall–Kier alpha value is -2.03. The fraction of sp³-hybridized carbons (Fsp3) is 0.750. The van der Waals surface area contributed by atoms with Crippen LogP contribution in [0.2, 0.25) is 0 Å². The van der Waals surface area contributed by atoms with E-state index in [9.17, 15) is 19.5 Å². The molecule has 5 atom stereocenters. The van der Waals surface area contributed by atoms with E-state index in [4.69, 9.17) is 20.7 Å². The van der Waals surface area contributed by atoms with Gasteiger partial charge in [-0.25, -0.2) is 20.4 Å². The van der Waals surface area contributed by atoms with Gasteiger partial charge >= 0.3 is 12.0 Å². The Morgan fingerprint density at radius 2 is 1.88 bits per heavy atom. The first-order valence-corrected chi connectivity index (χ1v) is 7.32. The number of aliphatic hydroxyl groups excluding tert-OH is 2. The summed E-state index contributed by atoms with van der Waals surface area (Å²) < 4.78 is 5.35. The maximum absolute atomic E-state index is 11.5. The van der Waals surface area contributed by atoms with Crippen molar-refractivity contribution < 1.29 is 34.4 Å². The van der Waals surface area contributed by atoms with Crippen LogP contribution < -0.4 is 33.0 Å². The van der Waals surface area contributed by atoms with Crippen LogP contribution >= 0.6 is 0 Å². The number of carboxylic acid groups (broad SMARTS) is 1. The van der Waals surface area contributed by atoms with E-state index >= 15 is 0 Å². The Morgan fingerprint density at radius 1 is 1.32 bits per heavy atom. The van der Waals surface area contributed by atoms with Crippen LogP contribution in [0.15, 0.2) is 0 Å². The number of hydrazine groups is 1. The molecule has 3 amide bonds. The predicted molar refractivity (Wildman–Crippen MR) is 84.5 cm³/mol. The monoisotopic (exact) mass is 366 g/mol. The number of nitrogens with two attached hydrogens (primary N) is 2. The van der Waals surface area contributed by atoms with Crippen molar-refractivity contribution in [3.05, 3.63) is 0 Å². The number of rotatable bonds is 7. The predicted octanol–water partition coefficient (Wildman–Crippen LogP) is -4.29. The number of hydrogen-bond donors (Lipinski definition) is 9. The molecule has 1 fully saturated rings. The Bertz CT molecular complexity index is 446. The van der Waals surface area contributed by atoms with E-state index in [0.29, 0.717) is 0 Å². The third-order valence-electron chi connectivity index (χ3n) is 2.78. The van der Waals surface area contributed by atoms with Gasteiger partial charge in [0, 0.05) is 6.92 Å². The lowest BCUT2D eigenvalue weighted by Crippen LogP contribution is -2.53. The molecule has 13 heteroatoms. The number of primary amides is 1. The molecule has 0 aliphatic carbocycles. The van der Waals surface area contributed by atoms with Gasteiger partial charge in [-0.15, -0.1) is 0 Å². The molecule has 0 spiro atoms. The first-order chi connectivity index (χ1) is 11.6. The number of amides is 3. The highest BCUT2D eigenvalue weighted by atomic mass is 16.6. The number of aliphatic hydroxyl groups is 2. The van der Waals surface area contributed by atoms with Gasteiger partial charge in [0.05, 0.1) is 25.3 Å². The Kier molecular flexibility index (Phi) is 10.6. The van der Waals surface area contributed by atoms with Gasteiger partial charge in [-0.1, -0.05) is 0 Å². The molecule has 1 saturated heterocycles. The average molecular weight is 366 g/mol. The summed E-state index contributed by atoms with van der Waals surface area (Å²) >= 11 is 0. The number of carboxylic acids is 1. The van der Waals surface area contributed by atoms with Gasteiger partial charge in [0.1, 0.15) is 12.5 Å². The quantitative estimate of drug-likeness (QED) is 0.211. The van der Waals surface area contributed by atoms with Crippen molar-refractivity contribution in [2.75, 3.05) is 13.2 Å². The van der Waals surface area contributed by atoms with Crippen LogP contribution in [0.3, 0.4) is 0 Å². The number of urea groups is 1.